The van der Waals surface area contributed by atoms with Gasteiger partial charge in [-0.25, -0.2) is 4.98 Å². The molecule has 0 aliphatic rings. The highest BCUT2D eigenvalue weighted by molar-refractivity contribution is 7.92. The molecule has 1 heterocycles. The highest BCUT2D eigenvalue weighted by atomic mass is 32.2. The molecule has 0 atom stereocenters. The predicted molar refractivity (Wildman–Crippen MR) is 80.6 cm³/mol. The van der Waals surface area contributed by atoms with Gasteiger partial charge in [0.2, 0.25) is 0 Å². The van der Waals surface area contributed by atoms with Crippen LogP contribution in [0.1, 0.15) is 13.8 Å². The number of nitrogen functional groups attached to an aromatic ring is 1. The van der Waals surface area contributed by atoms with Crippen LogP contribution in [-0.2, 0) is 17.1 Å². The first kappa shape index (κ1) is 15.2. The van der Waals surface area contributed by atoms with Crippen molar-refractivity contribution in [3.8, 4) is 5.75 Å². The van der Waals surface area contributed by atoms with Gasteiger partial charge in [-0.1, -0.05) is 0 Å². The summed E-state index contributed by atoms with van der Waals surface area (Å²) >= 11 is 0. The molecule has 0 saturated carbocycles. The number of benzene rings is 1. The summed E-state index contributed by atoms with van der Waals surface area (Å²) in [5, 5.41) is -0.0648. The van der Waals surface area contributed by atoms with E-state index >= 15 is 0 Å². The van der Waals surface area contributed by atoms with Crippen molar-refractivity contribution in [3.05, 3.63) is 30.6 Å². The molecule has 0 radical (unpaired) electrons. The summed E-state index contributed by atoms with van der Waals surface area (Å²) in [5.41, 5.74) is 6.01. The highest BCUT2D eigenvalue weighted by Gasteiger charge is 2.22. The number of aryl methyl sites for hydroxylation is 1. The summed E-state index contributed by atoms with van der Waals surface area (Å²) < 4.78 is 33.9. The third kappa shape index (κ3) is 3.46. The fourth-order valence-electron chi connectivity index (χ4n) is 1.84. The molecule has 8 heteroatoms. The predicted octanol–water partition coefficient (Wildman–Crippen LogP) is 1.59. The van der Waals surface area contributed by atoms with Crippen LogP contribution in [0.5, 0.6) is 5.75 Å². The van der Waals surface area contributed by atoms with Crippen LogP contribution in [0.3, 0.4) is 0 Å². The molecule has 0 aliphatic heterocycles. The lowest BCUT2D eigenvalue weighted by atomic mass is 10.3. The first-order valence-electron chi connectivity index (χ1n) is 6.36. The molecular weight excluding hydrogens is 292 g/mol. The Labute approximate surface area is 123 Å². The van der Waals surface area contributed by atoms with Gasteiger partial charge in [0.15, 0.2) is 10.8 Å². The van der Waals surface area contributed by atoms with E-state index in [4.69, 9.17) is 10.5 Å². The van der Waals surface area contributed by atoms with Gasteiger partial charge in [0.05, 0.1) is 12.4 Å². The van der Waals surface area contributed by atoms with E-state index in [1.54, 1.807) is 31.3 Å². The molecule has 0 saturated heterocycles. The number of hydrogen-bond donors (Lipinski definition) is 2. The Kier molecular flexibility index (Phi) is 4.08. The van der Waals surface area contributed by atoms with Crippen molar-refractivity contribution in [2.45, 2.75) is 25.0 Å². The molecule has 3 N–H and O–H groups in total. The van der Waals surface area contributed by atoms with Gasteiger partial charge in [-0.3, -0.25) is 4.72 Å². The molecule has 21 heavy (non-hydrogen) atoms. The van der Waals surface area contributed by atoms with Crippen molar-refractivity contribution in [3.63, 3.8) is 0 Å². The van der Waals surface area contributed by atoms with E-state index in [9.17, 15) is 8.42 Å². The second-order valence-electron chi connectivity index (χ2n) is 4.84. The number of aromatic nitrogens is 2. The van der Waals surface area contributed by atoms with E-state index in [0.29, 0.717) is 11.4 Å². The Morgan fingerprint density at radius 1 is 1.29 bits per heavy atom. The van der Waals surface area contributed by atoms with Crippen LogP contribution in [0.2, 0.25) is 0 Å². The number of nitrogens with zero attached hydrogens (tertiary/aromatic N) is 2. The second kappa shape index (κ2) is 5.65. The zero-order valence-electron chi connectivity index (χ0n) is 12.1. The maximum absolute atomic E-state index is 12.3. The van der Waals surface area contributed by atoms with E-state index < -0.39 is 10.0 Å². The molecule has 0 aliphatic carbocycles. The topological polar surface area (TPSA) is 99.2 Å². The second-order valence-corrected chi connectivity index (χ2v) is 6.44. The monoisotopic (exact) mass is 310 g/mol. The minimum absolute atomic E-state index is 0.0373. The summed E-state index contributed by atoms with van der Waals surface area (Å²) in [6.45, 7) is 3.84. The Balaban J connectivity index is 2.21. The third-order valence-corrected chi connectivity index (χ3v) is 4.15. The molecule has 1 aromatic heterocycles. The van der Waals surface area contributed by atoms with Crippen molar-refractivity contribution in [2.24, 2.45) is 7.05 Å². The average molecular weight is 310 g/mol. The van der Waals surface area contributed by atoms with Gasteiger partial charge >= 0.3 is 0 Å². The SMILES string of the molecule is CC(C)Oc1ccc(NS(=O)(=O)c2c(N)ncn2C)cc1. The zero-order chi connectivity index (χ0) is 15.6. The van der Waals surface area contributed by atoms with E-state index in [1.807, 2.05) is 13.8 Å². The molecule has 1 aromatic carbocycles. The van der Waals surface area contributed by atoms with Crippen molar-refractivity contribution in [2.75, 3.05) is 10.5 Å². The molecule has 0 spiro atoms. The number of nitrogens with one attached hydrogen (secondary N) is 1. The summed E-state index contributed by atoms with van der Waals surface area (Å²) in [6.07, 6.45) is 1.41. The Morgan fingerprint density at radius 2 is 1.90 bits per heavy atom. The van der Waals surface area contributed by atoms with Gasteiger partial charge in [-0.15, -0.1) is 0 Å². The molecule has 114 valence electrons. The lowest BCUT2D eigenvalue weighted by molar-refractivity contribution is 0.242. The Bertz CT molecular complexity index is 701. The van der Waals surface area contributed by atoms with Gasteiger partial charge in [0.1, 0.15) is 5.75 Å². The van der Waals surface area contributed by atoms with E-state index in [-0.39, 0.29) is 16.9 Å². The van der Waals surface area contributed by atoms with Gasteiger partial charge in [0.25, 0.3) is 10.0 Å². The zero-order valence-corrected chi connectivity index (χ0v) is 12.9. The van der Waals surface area contributed by atoms with Gasteiger partial charge < -0.3 is 15.0 Å². The van der Waals surface area contributed by atoms with Gasteiger partial charge in [-0.05, 0) is 38.1 Å². The molecule has 2 aromatic rings. The maximum Gasteiger partial charge on any atom is 0.281 e. The van der Waals surface area contributed by atoms with E-state index in [0.717, 1.165) is 0 Å². The normalized spacial score (nSPS) is 11.6. The van der Waals surface area contributed by atoms with Crippen LogP contribution in [-0.4, -0.2) is 24.1 Å². The summed E-state index contributed by atoms with van der Waals surface area (Å²) in [4.78, 5) is 3.77. The number of nitrogens with two attached hydrogens (primary N) is 1. The van der Waals surface area contributed by atoms with Crippen LogP contribution in [0.25, 0.3) is 0 Å². The minimum Gasteiger partial charge on any atom is -0.491 e. The van der Waals surface area contributed by atoms with E-state index in [2.05, 4.69) is 9.71 Å². The highest BCUT2D eigenvalue weighted by Crippen LogP contribution is 2.22. The third-order valence-electron chi connectivity index (χ3n) is 2.64. The van der Waals surface area contributed by atoms with Crippen molar-refractivity contribution >= 4 is 21.5 Å². The van der Waals surface area contributed by atoms with Crippen molar-refractivity contribution in [1.82, 2.24) is 9.55 Å². The number of sulfonamides is 1. The Morgan fingerprint density at radius 3 is 2.38 bits per heavy atom. The molecule has 7 nitrogen and oxygen atoms in total. The standard InChI is InChI=1S/C13H18N4O3S/c1-9(2)20-11-6-4-10(5-7-11)16-21(18,19)13-12(14)15-8-17(13)3/h4-9,16H,14H2,1-3H3. The largest absolute Gasteiger partial charge is 0.491 e. The van der Waals surface area contributed by atoms with Crippen LogP contribution in [0, 0.1) is 0 Å². The molecular formula is C13H18N4O3S. The first-order chi connectivity index (χ1) is 9.79. The first-order valence-corrected chi connectivity index (χ1v) is 7.84. The number of ether oxygens (including phenoxy) is 1. The molecule has 2 rings (SSSR count). The van der Waals surface area contributed by atoms with E-state index in [1.165, 1.54) is 10.9 Å². The van der Waals surface area contributed by atoms with Gasteiger partial charge in [-0.2, -0.15) is 8.42 Å². The minimum atomic E-state index is -3.78. The number of anilines is 2. The fourth-order valence-corrected chi connectivity index (χ4v) is 3.14. The Hall–Kier alpha value is -2.22. The summed E-state index contributed by atoms with van der Waals surface area (Å²) in [5.74, 6) is 0.637. The number of imidazole rings is 1. The number of hydrogen-bond acceptors (Lipinski definition) is 5. The van der Waals surface area contributed by atoms with Crippen molar-refractivity contribution < 1.29 is 13.2 Å². The van der Waals surface area contributed by atoms with Crippen LogP contribution in [0.4, 0.5) is 11.5 Å². The van der Waals surface area contributed by atoms with Crippen LogP contribution in [0.15, 0.2) is 35.6 Å². The molecule has 0 amide bonds. The summed E-state index contributed by atoms with van der Waals surface area (Å²) in [7, 11) is -2.22. The summed E-state index contributed by atoms with van der Waals surface area (Å²) in [6, 6.07) is 6.65. The van der Waals surface area contributed by atoms with Crippen molar-refractivity contribution in [1.29, 1.82) is 0 Å². The lowest BCUT2D eigenvalue weighted by Crippen LogP contribution is -2.17. The molecule has 0 unspecified atom stereocenters. The molecule has 0 bridgehead atoms. The molecule has 0 fully saturated rings. The van der Waals surface area contributed by atoms with Crippen LogP contribution < -0.4 is 15.2 Å². The fraction of sp³-hybridized carbons (Fsp3) is 0.308. The number of rotatable bonds is 5. The lowest BCUT2D eigenvalue weighted by Gasteiger charge is -2.12. The average Bonchev–Trinajstić information content (AvgIpc) is 2.71. The maximum atomic E-state index is 12.3. The quantitative estimate of drug-likeness (QED) is 0.873. The van der Waals surface area contributed by atoms with Crippen LogP contribution >= 0.6 is 0 Å². The van der Waals surface area contributed by atoms with Gasteiger partial charge in [0, 0.05) is 12.7 Å². The smallest absolute Gasteiger partial charge is 0.281 e.